The zero-order valence-electron chi connectivity index (χ0n) is 9.31. The number of hydrogen-bond donors (Lipinski definition) is 1. The van der Waals surface area contributed by atoms with Gasteiger partial charge in [0.2, 0.25) is 0 Å². The van der Waals surface area contributed by atoms with Crippen LogP contribution in [-0.2, 0) is 0 Å². The van der Waals surface area contributed by atoms with Crippen molar-refractivity contribution >= 4 is 27.4 Å². The van der Waals surface area contributed by atoms with Crippen LogP contribution >= 0.6 is 11.5 Å². The molecule has 1 saturated heterocycles. The second kappa shape index (κ2) is 4.03. The van der Waals surface area contributed by atoms with Crippen LogP contribution in [0.1, 0.15) is 6.92 Å². The third-order valence-corrected chi connectivity index (χ3v) is 4.04. The van der Waals surface area contributed by atoms with Crippen LogP contribution in [0.4, 0.5) is 5.00 Å². The van der Waals surface area contributed by atoms with Crippen molar-refractivity contribution in [1.29, 1.82) is 0 Å². The van der Waals surface area contributed by atoms with E-state index in [0.717, 1.165) is 25.2 Å². The molecule has 2 heterocycles. The zero-order chi connectivity index (χ0) is 11.0. The summed E-state index contributed by atoms with van der Waals surface area (Å²) in [6.07, 6.45) is 0. The van der Waals surface area contributed by atoms with Gasteiger partial charge in [0.15, 0.2) is 0 Å². The summed E-state index contributed by atoms with van der Waals surface area (Å²) in [6.45, 7) is 5.47. The Bertz CT molecular complexity index is 494. The van der Waals surface area contributed by atoms with Crippen LogP contribution in [0.5, 0.6) is 0 Å². The summed E-state index contributed by atoms with van der Waals surface area (Å²) in [5.41, 5.74) is 1.12. The fraction of sp³-hybridized carbons (Fsp3) is 0.417. The fourth-order valence-corrected chi connectivity index (χ4v) is 3.22. The lowest BCUT2D eigenvalue weighted by Crippen LogP contribution is -2.49. The van der Waals surface area contributed by atoms with E-state index in [4.69, 9.17) is 0 Å². The third-order valence-electron chi connectivity index (χ3n) is 3.13. The van der Waals surface area contributed by atoms with Crippen molar-refractivity contribution in [2.75, 3.05) is 24.5 Å². The molecule has 1 aromatic heterocycles. The van der Waals surface area contributed by atoms with Crippen molar-refractivity contribution < 1.29 is 0 Å². The first-order valence-corrected chi connectivity index (χ1v) is 6.45. The maximum Gasteiger partial charge on any atom is 0.120 e. The highest BCUT2D eigenvalue weighted by molar-refractivity contribution is 7.11. The Labute approximate surface area is 99.2 Å². The SMILES string of the molecule is CC1CNCCN1c1snc2ccccc12. The number of hydrogen-bond acceptors (Lipinski definition) is 4. The Morgan fingerprint density at radius 3 is 3.19 bits per heavy atom. The van der Waals surface area contributed by atoms with E-state index in [-0.39, 0.29) is 0 Å². The summed E-state index contributed by atoms with van der Waals surface area (Å²) in [6, 6.07) is 8.95. The fourth-order valence-electron chi connectivity index (χ4n) is 2.23. The van der Waals surface area contributed by atoms with Crippen LogP contribution in [0.15, 0.2) is 24.3 Å². The van der Waals surface area contributed by atoms with E-state index in [1.165, 1.54) is 10.4 Å². The zero-order valence-corrected chi connectivity index (χ0v) is 10.1. The minimum atomic E-state index is 0.553. The normalized spacial score (nSPS) is 21.6. The minimum absolute atomic E-state index is 0.553. The van der Waals surface area contributed by atoms with Gasteiger partial charge in [-0.3, -0.25) is 0 Å². The van der Waals surface area contributed by atoms with Gasteiger partial charge in [-0.25, -0.2) is 0 Å². The lowest BCUT2D eigenvalue weighted by Gasteiger charge is -2.34. The summed E-state index contributed by atoms with van der Waals surface area (Å²) in [5.74, 6) is 0. The molecule has 0 saturated carbocycles. The first kappa shape index (κ1) is 10.1. The lowest BCUT2D eigenvalue weighted by atomic mass is 10.2. The van der Waals surface area contributed by atoms with Crippen LogP contribution in [0.3, 0.4) is 0 Å². The van der Waals surface area contributed by atoms with Crippen LogP contribution in [0.25, 0.3) is 10.9 Å². The van der Waals surface area contributed by atoms with Crippen molar-refractivity contribution in [2.24, 2.45) is 0 Å². The molecule has 0 spiro atoms. The summed E-state index contributed by atoms with van der Waals surface area (Å²) >= 11 is 1.62. The van der Waals surface area contributed by atoms with Crippen LogP contribution in [0.2, 0.25) is 0 Å². The Balaban J connectivity index is 2.04. The second-order valence-electron chi connectivity index (χ2n) is 4.25. The number of anilines is 1. The Morgan fingerprint density at radius 1 is 1.44 bits per heavy atom. The molecule has 0 aliphatic carbocycles. The highest BCUT2D eigenvalue weighted by Crippen LogP contribution is 2.32. The van der Waals surface area contributed by atoms with Crippen LogP contribution in [0, 0.1) is 0 Å². The first-order valence-electron chi connectivity index (χ1n) is 5.68. The van der Waals surface area contributed by atoms with Crippen molar-refractivity contribution in [1.82, 2.24) is 9.69 Å². The molecular weight excluding hydrogens is 218 g/mol. The molecule has 1 aromatic carbocycles. The van der Waals surface area contributed by atoms with E-state index < -0.39 is 0 Å². The molecule has 2 aromatic rings. The van der Waals surface area contributed by atoms with E-state index in [0.29, 0.717) is 6.04 Å². The van der Waals surface area contributed by atoms with Crippen molar-refractivity contribution in [3.8, 4) is 0 Å². The molecule has 1 fully saturated rings. The number of rotatable bonds is 1. The molecule has 3 rings (SSSR count). The van der Waals surface area contributed by atoms with Crippen molar-refractivity contribution in [2.45, 2.75) is 13.0 Å². The Hall–Kier alpha value is -1.13. The maximum atomic E-state index is 4.51. The van der Waals surface area contributed by atoms with Gasteiger partial charge in [-0.05, 0) is 30.6 Å². The molecule has 3 nitrogen and oxygen atoms in total. The lowest BCUT2D eigenvalue weighted by molar-refractivity contribution is 0.504. The first-order chi connectivity index (χ1) is 7.86. The minimum Gasteiger partial charge on any atom is -0.356 e. The van der Waals surface area contributed by atoms with Gasteiger partial charge < -0.3 is 10.2 Å². The molecule has 1 N–H and O–H groups in total. The molecule has 0 amide bonds. The predicted octanol–water partition coefficient (Wildman–Crippen LogP) is 2.09. The third kappa shape index (κ3) is 1.58. The van der Waals surface area contributed by atoms with Gasteiger partial charge in [-0.1, -0.05) is 12.1 Å². The molecule has 16 heavy (non-hydrogen) atoms. The quantitative estimate of drug-likeness (QED) is 0.817. The summed E-state index contributed by atoms with van der Waals surface area (Å²) in [7, 11) is 0. The van der Waals surface area contributed by atoms with E-state index >= 15 is 0 Å². The number of nitrogens with zero attached hydrogens (tertiary/aromatic N) is 2. The molecule has 1 unspecified atom stereocenters. The summed E-state index contributed by atoms with van der Waals surface area (Å²) < 4.78 is 4.51. The Morgan fingerprint density at radius 2 is 2.31 bits per heavy atom. The number of fused-ring (bicyclic) bond motifs is 1. The maximum absolute atomic E-state index is 4.51. The summed E-state index contributed by atoms with van der Waals surface area (Å²) in [4.78, 5) is 2.47. The average molecular weight is 233 g/mol. The van der Waals surface area contributed by atoms with Crippen LogP contribution in [-0.4, -0.2) is 30.0 Å². The number of nitrogens with one attached hydrogen (secondary N) is 1. The molecule has 0 bridgehead atoms. The molecule has 1 aliphatic heterocycles. The van der Waals surface area contributed by atoms with Crippen molar-refractivity contribution in [3.63, 3.8) is 0 Å². The van der Waals surface area contributed by atoms with E-state index in [2.05, 4.69) is 39.7 Å². The van der Waals surface area contributed by atoms with Gasteiger partial charge in [-0.2, -0.15) is 4.37 Å². The number of benzene rings is 1. The highest BCUT2D eigenvalue weighted by atomic mass is 32.1. The molecule has 0 radical (unpaired) electrons. The van der Waals surface area contributed by atoms with Gasteiger partial charge in [0, 0.05) is 31.1 Å². The average Bonchev–Trinajstić information content (AvgIpc) is 2.74. The Kier molecular flexibility index (Phi) is 2.53. The van der Waals surface area contributed by atoms with Gasteiger partial charge in [0.05, 0.1) is 5.52 Å². The van der Waals surface area contributed by atoms with Gasteiger partial charge in [0.25, 0.3) is 0 Å². The van der Waals surface area contributed by atoms with Gasteiger partial charge in [-0.15, -0.1) is 0 Å². The molecule has 1 atom stereocenters. The monoisotopic (exact) mass is 233 g/mol. The molecule has 4 heteroatoms. The van der Waals surface area contributed by atoms with E-state index in [9.17, 15) is 0 Å². The molecule has 1 aliphatic rings. The highest BCUT2D eigenvalue weighted by Gasteiger charge is 2.21. The second-order valence-corrected chi connectivity index (χ2v) is 5.00. The standard InChI is InChI=1S/C12H15N3S/c1-9-8-13-6-7-15(9)12-10-4-2-3-5-11(10)14-16-12/h2-5,9,13H,6-8H2,1H3. The number of piperazine rings is 1. The molecular formula is C12H15N3S. The van der Waals surface area contributed by atoms with Crippen LogP contribution < -0.4 is 10.2 Å². The van der Waals surface area contributed by atoms with Gasteiger partial charge in [0.1, 0.15) is 5.00 Å². The molecule has 84 valence electrons. The largest absolute Gasteiger partial charge is 0.356 e. The van der Waals surface area contributed by atoms with Crippen molar-refractivity contribution in [3.05, 3.63) is 24.3 Å². The topological polar surface area (TPSA) is 28.2 Å². The smallest absolute Gasteiger partial charge is 0.120 e. The van der Waals surface area contributed by atoms with E-state index in [1.54, 1.807) is 11.5 Å². The predicted molar refractivity (Wildman–Crippen MR) is 69.3 cm³/mol. The summed E-state index contributed by atoms with van der Waals surface area (Å²) in [5, 5.41) is 6.03. The van der Waals surface area contributed by atoms with E-state index in [1.807, 2.05) is 6.07 Å². The van der Waals surface area contributed by atoms with Gasteiger partial charge >= 0.3 is 0 Å². The number of aromatic nitrogens is 1.